The van der Waals surface area contributed by atoms with Gasteiger partial charge >= 0.3 is 5.97 Å². The molecule has 1 unspecified atom stereocenters. The van der Waals surface area contributed by atoms with Crippen molar-refractivity contribution in [3.8, 4) is 11.5 Å². The highest BCUT2D eigenvalue weighted by Gasteiger charge is 2.22. The van der Waals surface area contributed by atoms with E-state index in [1.54, 1.807) is 24.3 Å². The Hall–Kier alpha value is -2.81. The Morgan fingerprint density at radius 3 is 2.77 bits per heavy atom. The minimum Gasteiger partial charge on any atom is -0.496 e. The van der Waals surface area contributed by atoms with Gasteiger partial charge in [0.1, 0.15) is 23.8 Å². The number of benzene rings is 2. The molecule has 0 saturated carbocycles. The molecule has 2 aromatic carbocycles. The van der Waals surface area contributed by atoms with E-state index in [2.05, 4.69) is 5.32 Å². The Labute approximate surface area is 182 Å². The molecule has 8 heteroatoms. The average molecular weight is 431 g/mol. The summed E-state index contributed by atoms with van der Waals surface area (Å²) in [5.41, 5.74) is 2.14. The largest absolute Gasteiger partial charge is 0.496 e. The second-order valence-electron chi connectivity index (χ2n) is 7.14. The van der Waals surface area contributed by atoms with E-state index in [-0.39, 0.29) is 6.04 Å². The highest BCUT2D eigenvalue weighted by molar-refractivity contribution is 5.93. The van der Waals surface area contributed by atoms with Crippen LogP contribution in [0.25, 0.3) is 0 Å². The van der Waals surface area contributed by atoms with Gasteiger partial charge in [0.15, 0.2) is 0 Å². The molecule has 31 heavy (non-hydrogen) atoms. The van der Waals surface area contributed by atoms with E-state index in [9.17, 15) is 4.79 Å². The number of methoxy groups -OCH3 is 2. The number of hydrogen-bond donors (Lipinski definition) is 1. The van der Waals surface area contributed by atoms with Crippen LogP contribution in [0.2, 0.25) is 0 Å². The molecule has 0 aliphatic carbocycles. The number of ether oxygens (including phenoxy) is 4. The number of nitrogens with one attached hydrogen (secondary N) is 1. The van der Waals surface area contributed by atoms with Crippen LogP contribution in [0.3, 0.4) is 0 Å². The fourth-order valence-electron chi connectivity index (χ4n) is 3.32. The van der Waals surface area contributed by atoms with E-state index in [0.29, 0.717) is 44.3 Å². The Kier molecular flexibility index (Phi) is 8.52. The van der Waals surface area contributed by atoms with Gasteiger partial charge in [-0.1, -0.05) is 18.2 Å². The van der Waals surface area contributed by atoms with Crippen molar-refractivity contribution >= 4 is 11.7 Å². The van der Waals surface area contributed by atoms with Crippen LogP contribution in [-0.4, -0.2) is 52.7 Å². The van der Waals surface area contributed by atoms with Crippen molar-refractivity contribution < 1.29 is 28.6 Å². The summed E-state index contributed by atoms with van der Waals surface area (Å²) < 4.78 is 21.8. The van der Waals surface area contributed by atoms with Gasteiger partial charge in [-0.15, -0.1) is 0 Å². The second-order valence-corrected chi connectivity index (χ2v) is 7.14. The van der Waals surface area contributed by atoms with Crippen LogP contribution in [0.15, 0.2) is 42.5 Å². The van der Waals surface area contributed by atoms with Crippen LogP contribution in [0, 0.1) is 0 Å². The van der Waals surface area contributed by atoms with E-state index < -0.39 is 5.97 Å². The van der Waals surface area contributed by atoms with E-state index >= 15 is 0 Å². The van der Waals surface area contributed by atoms with Crippen molar-refractivity contribution in [3.05, 3.63) is 53.6 Å². The zero-order valence-electron chi connectivity index (χ0n) is 18.3. The molecular weight excluding hydrogens is 400 g/mol. The summed E-state index contributed by atoms with van der Waals surface area (Å²) >= 11 is 0. The first-order chi connectivity index (χ1) is 15.1. The lowest BCUT2D eigenvalue weighted by Crippen LogP contribution is -2.48. The highest BCUT2D eigenvalue weighted by Crippen LogP contribution is 2.28. The third-order valence-electron chi connectivity index (χ3n) is 4.91. The fourth-order valence-corrected chi connectivity index (χ4v) is 3.32. The van der Waals surface area contributed by atoms with Crippen LogP contribution in [-0.2, 0) is 20.9 Å². The number of nitrogens with zero attached hydrogens (tertiary/aromatic N) is 1. The Bertz CT molecular complexity index is 860. The number of para-hydroxylation sites is 1. The molecule has 1 N–H and O–H groups in total. The van der Waals surface area contributed by atoms with Crippen molar-refractivity contribution in [3.63, 3.8) is 0 Å². The molecule has 8 nitrogen and oxygen atoms in total. The SMILES string of the molecule is COC(=O)c1cc(N2OCNCC2C)ccc1OCCCOCc1ccccc1OC. The van der Waals surface area contributed by atoms with Crippen molar-refractivity contribution in [2.45, 2.75) is 26.0 Å². The Balaban J connectivity index is 1.53. The minimum atomic E-state index is -0.452. The molecule has 1 saturated heterocycles. The zero-order valence-corrected chi connectivity index (χ0v) is 18.3. The number of rotatable bonds is 10. The average Bonchev–Trinajstić information content (AvgIpc) is 2.81. The molecule has 0 amide bonds. The molecule has 0 radical (unpaired) electrons. The van der Waals surface area contributed by atoms with Gasteiger partial charge in [-0.3, -0.25) is 10.2 Å². The van der Waals surface area contributed by atoms with Crippen molar-refractivity contribution in [2.75, 3.05) is 45.8 Å². The molecular formula is C23H30N2O6. The molecule has 1 atom stereocenters. The lowest BCUT2D eigenvalue weighted by molar-refractivity contribution is 0.0433. The Morgan fingerprint density at radius 1 is 1.16 bits per heavy atom. The summed E-state index contributed by atoms with van der Waals surface area (Å²) in [6, 6.07) is 13.3. The normalized spacial score (nSPS) is 16.1. The van der Waals surface area contributed by atoms with Gasteiger partial charge in [0.25, 0.3) is 0 Å². The van der Waals surface area contributed by atoms with Crippen molar-refractivity contribution in [1.82, 2.24) is 5.32 Å². The first-order valence-corrected chi connectivity index (χ1v) is 10.3. The minimum absolute atomic E-state index is 0.131. The van der Waals surface area contributed by atoms with E-state index in [0.717, 1.165) is 23.5 Å². The van der Waals surface area contributed by atoms with Gasteiger partial charge in [0.05, 0.1) is 45.8 Å². The van der Waals surface area contributed by atoms with Gasteiger partial charge in [-0.05, 0) is 31.2 Å². The first-order valence-electron chi connectivity index (χ1n) is 10.3. The van der Waals surface area contributed by atoms with Gasteiger partial charge in [0, 0.05) is 18.5 Å². The summed E-state index contributed by atoms with van der Waals surface area (Å²) in [6.45, 7) is 4.66. The molecule has 0 spiro atoms. The van der Waals surface area contributed by atoms with E-state index in [4.69, 9.17) is 23.8 Å². The second kappa shape index (κ2) is 11.5. The quantitative estimate of drug-likeness (QED) is 0.455. The number of carbonyl (C=O) groups excluding carboxylic acids is 1. The van der Waals surface area contributed by atoms with Crippen LogP contribution in [0.1, 0.15) is 29.3 Å². The summed E-state index contributed by atoms with van der Waals surface area (Å²) in [5, 5.41) is 4.95. The molecule has 1 aliphatic rings. The van der Waals surface area contributed by atoms with Crippen molar-refractivity contribution in [2.24, 2.45) is 0 Å². The van der Waals surface area contributed by atoms with E-state index in [1.165, 1.54) is 7.11 Å². The van der Waals surface area contributed by atoms with Crippen LogP contribution in [0.5, 0.6) is 11.5 Å². The number of anilines is 1. The van der Waals surface area contributed by atoms with Crippen LogP contribution < -0.4 is 19.9 Å². The van der Waals surface area contributed by atoms with Gasteiger partial charge in [0.2, 0.25) is 0 Å². The lowest BCUT2D eigenvalue weighted by Gasteiger charge is -2.34. The maximum atomic E-state index is 12.3. The standard InChI is InChI=1S/C23H30N2O6/c1-17-14-24-16-31-25(17)19-9-10-22(20(13-19)23(26)28-3)30-12-6-11-29-15-18-7-4-5-8-21(18)27-2/h4-5,7-10,13,17,24H,6,11-12,14-16H2,1-3H3. The van der Waals surface area contributed by atoms with Gasteiger partial charge in [-0.2, -0.15) is 0 Å². The molecule has 1 aliphatic heterocycles. The lowest BCUT2D eigenvalue weighted by atomic mass is 10.1. The van der Waals surface area contributed by atoms with Crippen LogP contribution >= 0.6 is 0 Å². The molecule has 168 valence electrons. The summed E-state index contributed by atoms with van der Waals surface area (Å²) in [7, 11) is 3.00. The van der Waals surface area contributed by atoms with Gasteiger partial charge in [-0.25, -0.2) is 9.86 Å². The predicted octanol–water partition coefficient (Wildman–Crippen LogP) is 3.15. The smallest absolute Gasteiger partial charge is 0.341 e. The monoisotopic (exact) mass is 430 g/mol. The maximum absolute atomic E-state index is 12.3. The number of esters is 1. The number of carbonyl (C=O) groups is 1. The number of hydroxylamine groups is 1. The predicted molar refractivity (Wildman–Crippen MR) is 116 cm³/mol. The molecule has 0 bridgehead atoms. The topological polar surface area (TPSA) is 78.5 Å². The Morgan fingerprint density at radius 2 is 2.00 bits per heavy atom. The molecule has 3 rings (SSSR count). The summed E-state index contributed by atoms with van der Waals surface area (Å²) in [5.74, 6) is 0.833. The first kappa shape index (κ1) is 22.9. The van der Waals surface area contributed by atoms with Crippen molar-refractivity contribution in [1.29, 1.82) is 0 Å². The van der Waals surface area contributed by atoms with Gasteiger partial charge < -0.3 is 18.9 Å². The van der Waals surface area contributed by atoms with Crippen LogP contribution in [0.4, 0.5) is 5.69 Å². The maximum Gasteiger partial charge on any atom is 0.341 e. The fraction of sp³-hybridized carbons (Fsp3) is 0.435. The van der Waals surface area contributed by atoms with E-state index in [1.807, 2.05) is 37.3 Å². The third-order valence-corrected chi connectivity index (χ3v) is 4.91. The molecule has 1 fully saturated rings. The summed E-state index contributed by atoms with van der Waals surface area (Å²) in [6.07, 6.45) is 0.676. The molecule has 2 aromatic rings. The molecule has 0 aromatic heterocycles. The highest BCUT2D eigenvalue weighted by atomic mass is 16.7. The summed E-state index contributed by atoms with van der Waals surface area (Å²) in [4.78, 5) is 18.0. The number of hydrogen-bond acceptors (Lipinski definition) is 8. The molecule has 1 heterocycles. The zero-order chi connectivity index (χ0) is 22.1. The third kappa shape index (κ3) is 6.10.